The standard InChI is InChI=1S/C42H53N5O7S/c1-41(2)29-16-9-11-18-32(29)46(6)34(41)25-28-37(36(38(28)50)27-15-14-23-47-33-19-12-10-17-30(33)42(3,4)39(27)47)44-31(26-55(52,53)54)40(51)43-21-24-45(5)22-13-7-8-20-35(48)49/h9-12,16-19,25,31H,7-8,13-15,20-24,26H2,1-6H3,(H3-,43,44,48,49,50,51,52,53,54)/p+1. The van der Waals surface area contributed by atoms with E-state index in [9.17, 15) is 27.4 Å². The number of allylic oxidation sites excluding steroid dienone is 5. The molecule has 0 radical (unpaired) electrons. The Labute approximate surface area is 324 Å². The molecule has 2 atom stereocenters. The number of aliphatic carboxylic acids is 1. The van der Waals surface area contributed by atoms with Crippen molar-refractivity contribution in [2.45, 2.75) is 83.1 Å². The number of nitrogens with zero attached hydrogens (tertiary/aromatic N) is 2. The number of carbonyl (C=O) groups excluding carboxylic acids is 2. The van der Waals surface area contributed by atoms with Crippen molar-refractivity contribution >= 4 is 44.9 Å². The average Bonchev–Trinajstić information content (AvgIpc) is 3.47. The number of unbranched alkanes of at least 4 members (excludes halogenated alkanes) is 2. The molecular weight excluding hydrogens is 719 g/mol. The molecule has 12 nitrogen and oxygen atoms in total. The topological polar surface area (TPSA) is 163 Å². The Morgan fingerprint density at radius 1 is 1.02 bits per heavy atom. The number of hydrogen-bond donors (Lipinski definition) is 4. The Morgan fingerprint density at radius 3 is 2.40 bits per heavy atom. The number of fused-ring (bicyclic) bond motifs is 3. The van der Waals surface area contributed by atoms with Crippen LogP contribution in [-0.4, -0.2) is 98.1 Å². The molecule has 3 aliphatic heterocycles. The smallest absolute Gasteiger partial charge is 0.303 e. The highest BCUT2D eigenvalue weighted by atomic mass is 32.2. The maximum Gasteiger partial charge on any atom is 0.303 e. The molecule has 2 aromatic carbocycles. The van der Waals surface area contributed by atoms with E-state index in [1.54, 1.807) is 0 Å². The zero-order valence-electron chi connectivity index (χ0n) is 32.8. The zero-order chi connectivity index (χ0) is 39.9. The van der Waals surface area contributed by atoms with Crippen LogP contribution in [-0.2, 0) is 35.3 Å². The number of carbonyl (C=O) groups is 3. The summed E-state index contributed by atoms with van der Waals surface area (Å²) in [5.41, 5.74) is 7.40. The number of hydrogen-bond acceptors (Lipinski definition) is 8. The summed E-state index contributed by atoms with van der Waals surface area (Å²) in [6.45, 7) is 10.8. The number of anilines is 1. The van der Waals surface area contributed by atoms with Crippen LogP contribution in [0, 0.1) is 0 Å². The van der Waals surface area contributed by atoms with Gasteiger partial charge in [-0.25, -0.2) is 8.42 Å². The van der Waals surface area contributed by atoms with E-state index in [2.05, 4.69) is 66.0 Å². The second kappa shape index (κ2) is 15.5. The number of carboxylic acid groups (broad SMARTS) is 1. The van der Waals surface area contributed by atoms with Gasteiger partial charge in [-0.1, -0.05) is 50.2 Å². The minimum atomic E-state index is -4.87. The monoisotopic (exact) mass is 772 g/mol. The van der Waals surface area contributed by atoms with Gasteiger partial charge in [0.05, 0.1) is 59.2 Å². The summed E-state index contributed by atoms with van der Waals surface area (Å²) >= 11 is 0. The molecule has 3 heterocycles. The minimum absolute atomic E-state index is 0.135. The third-order valence-corrected chi connectivity index (χ3v) is 12.4. The van der Waals surface area contributed by atoms with Gasteiger partial charge in [-0.3, -0.25) is 14.4 Å². The van der Waals surface area contributed by atoms with Gasteiger partial charge in [-0.05, 0) is 57.2 Å². The Balaban J connectivity index is 1.36. The summed E-state index contributed by atoms with van der Waals surface area (Å²) in [4.78, 5) is 42.4. The average molecular weight is 773 g/mol. The van der Waals surface area contributed by atoms with Crippen molar-refractivity contribution in [3.05, 3.63) is 93.8 Å². The number of ketones is 1. The lowest BCUT2D eigenvalue weighted by atomic mass is 9.72. The van der Waals surface area contributed by atoms with Gasteiger partial charge in [-0.15, -0.1) is 0 Å². The predicted octanol–water partition coefficient (Wildman–Crippen LogP) is 3.08. The molecule has 4 aliphatic rings. The van der Waals surface area contributed by atoms with Crippen LogP contribution < -0.4 is 20.4 Å². The van der Waals surface area contributed by atoms with Gasteiger partial charge in [0.25, 0.3) is 0 Å². The minimum Gasteiger partial charge on any atom is -0.748 e. The number of carboxylic acids is 1. The third kappa shape index (κ3) is 7.92. The van der Waals surface area contributed by atoms with Crippen LogP contribution in [0.1, 0.15) is 77.3 Å². The highest BCUT2D eigenvalue weighted by Crippen LogP contribution is 2.50. The van der Waals surface area contributed by atoms with Crippen molar-refractivity contribution in [2.75, 3.05) is 50.9 Å². The molecule has 13 heteroatoms. The van der Waals surface area contributed by atoms with Crippen molar-refractivity contribution < 1.29 is 41.9 Å². The van der Waals surface area contributed by atoms with E-state index in [1.807, 2.05) is 50.5 Å². The summed E-state index contributed by atoms with van der Waals surface area (Å²) in [5, 5.41) is 14.9. The second-order valence-corrected chi connectivity index (χ2v) is 17.8. The quantitative estimate of drug-likeness (QED) is 0.0923. The van der Waals surface area contributed by atoms with E-state index in [4.69, 9.17) is 5.11 Å². The van der Waals surface area contributed by atoms with Gasteiger partial charge in [0.1, 0.15) is 12.6 Å². The van der Waals surface area contributed by atoms with Gasteiger partial charge < -0.3 is 30.1 Å². The molecular formula is C42H54N5O7S+. The zero-order valence-corrected chi connectivity index (χ0v) is 33.6. The summed E-state index contributed by atoms with van der Waals surface area (Å²) in [5.74, 6) is -2.64. The van der Waals surface area contributed by atoms with Crippen LogP contribution in [0.25, 0.3) is 0 Å². The van der Waals surface area contributed by atoms with Crippen molar-refractivity contribution in [3.63, 3.8) is 0 Å². The van der Waals surface area contributed by atoms with Gasteiger partial charge in [0, 0.05) is 59.5 Å². The van der Waals surface area contributed by atoms with Crippen LogP contribution in [0.2, 0.25) is 0 Å². The first-order valence-electron chi connectivity index (χ1n) is 19.3. The number of rotatable bonds is 15. The number of quaternary nitrogens is 1. The highest BCUT2D eigenvalue weighted by molar-refractivity contribution is 7.85. The van der Waals surface area contributed by atoms with E-state index in [0.717, 1.165) is 76.7 Å². The summed E-state index contributed by atoms with van der Waals surface area (Å²) in [7, 11) is -0.946. The first-order chi connectivity index (χ1) is 25.9. The molecule has 2 unspecified atom stereocenters. The molecule has 55 heavy (non-hydrogen) atoms. The molecule has 294 valence electrons. The fraction of sp³-hybridized carbons (Fsp3) is 0.476. The molecule has 0 saturated heterocycles. The molecule has 0 spiro atoms. The first kappa shape index (κ1) is 40.1. The summed E-state index contributed by atoms with van der Waals surface area (Å²) < 4.78 is 39.2. The number of likely N-dealkylation sites (N-methyl/N-ethyl adjacent to an activating group) is 2. The molecule has 1 amide bonds. The fourth-order valence-corrected chi connectivity index (χ4v) is 9.51. The van der Waals surface area contributed by atoms with Crippen LogP contribution in [0.4, 0.5) is 11.4 Å². The Morgan fingerprint density at radius 2 is 1.71 bits per heavy atom. The lowest BCUT2D eigenvalue weighted by Crippen LogP contribution is -3.09. The molecule has 4 N–H and O–H groups in total. The Bertz CT molecular complexity index is 2150. The van der Waals surface area contributed by atoms with Gasteiger partial charge in [0.15, 0.2) is 11.5 Å². The first-order valence-corrected chi connectivity index (χ1v) is 20.8. The molecule has 1 aliphatic carbocycles. The molecule has 0 aromatic heterocycles. The number of benzene rings is 2. The SMILES string of the molecule is CN1C(=CC2=C(NC(CS(=O)(=O)[O-])C(=O)NCC[NH+](C)CCCCCC(=O)O)C(=C3CCC[N+]4=C3C(C)(C)c3ccccc34)C2=O)C(C)(C)c2ccccc21. The van der Waals surface area contributed by atoms with Crippen molar-refractivity contribution in [3.8, 4) is 0 Å². The van der Waals surface area contributed by atoms with E-state index < -0.39 is 44.6 Å². The number of nitrogens with one attached hydrogen (secondary N) is 3. The molecule has 0 saturated carbocycles. The number of amides is 1. The molecule has 0 fully saturated rings. The van der Waals surface area contributed by atoms with Crippen LogP contribution in [0.15, 0.2) is 82.7 Å². The van der Waals surface area contributed by atoms with Gasteiger partial charge in [-0.2, -0.15) is 4.58 Å². The largest absolute Gasteiger partial charge is 0.748 e. The van der Waals surface area contributed by atoms with Gasteiger partial charge >= 0.3 is 5.97 Å². The number of Topliss-reactive ketones (excluding diaryl/α,β-unsaturated/α-hetero) is 1. The summed E-state index contributed by atoms with van der Waals surface area (Å²) in [6, 6.07) is 14.9. The fourth-order valence-electron chi connectivity index (χ4n) is 8.86. The van der Waals surface area contributed by atoms with Crippen molar-refractivity contribution in [1.29, 1.82) is 0 Å². The van der Waals surface area contributed by atoms with Crippen LogP contribution in [0.5, 0.6) is 0 Å². The normalized spacial score (nSPS) is 21.5. The maximum atomic E-state index is 14.6. The van der Waals surface area contributed by atoms with E-state index >= 15 is 0 Å². The third-order valence-electron chi connectivity index (χ3n) is 11.7. The maximum absolute atomic E-state index is 14.6. The summed E-state index contributed by atoms with van der Waals surface area (Å²) in [6.07, 6.45) is 5.63. The van der Waals surface area contributed by atoms with E-state index in [1.165, 1.54) is 0 Å². The van der Waals surface area contributed by atoms with Crippen molar-refractivity contribution in [2.24, 2.45) is 0 Å². The lowest BCUT2D eigenvalue weighted by molar-refractivity contribution is -0.878. The van der Waals surface area contributed by atoms with Crippen molar-refractivity contribution in [1.82, 2.24) is 10.6 Å². The Kier molecular flexibility index (Phi) is 11.3. The second-order valence-electron chi connectivity index (χ2n) is 16.3. The van der Waals surface area contributed by atoms with Gasteiger partial charge in [0.2, 0.25) is 11.6 Å². The van der Waals surface area contributed by atoms with E-state index in [-0.39, 0.29) is 18.7 Å². The highest BCUT2D eigenvalue weighted by Gasteiger charge is 2.52. The van der Waals surface area contributed by atoms with Crippen LogP contribution in [0.3, 0.4) is 0 Å². The molecule has 6 rings (SSSR count). The molecule has 0 bridgehead atoms. The number of para-hydroxylation sites is 2. The lowest BCUT2D eigenvalue weighted by Gasteiger charge is -2.34. The molecule has 2 aromatic rings. The Hall–Kier alpha value is -4.59. The van der Waals surface area contributed by atoms with E-state index in [0.29, 0.717) is 36.2 Å². The predicted molar refractivity (Wildman–Crippen MR) is 211 cm³/mol. The van der Waals surface area contributed by atoms with Crippen LogP contribution >= 0.6 is 0 Å².